The summed E-state index contributed by atoms with van der Waals surface area (Å²) in [5.41, 5.74) is 8.70. The molecule has 0 unspecified atom stereocenters. The number of anilines is 1. The lowest BCUT2D eigenvalue weighted by Crippen LogP contribution is -2.24. The van der Waals surface area contributed by atoms with Crippen LogP contribution in [0.15, 0.2) is 53.5 Å². The first kappa shape index (κ1) is 21.6. The van der Waals surface area contributed by atoms with Crippen LogP contribution in [0.3, 0.4) is 0 Å². The molecule has 0 atom stereocenters. The second-order valence-corrected chi connectivity index (χ2v) is 6.13. The maximum absolute atomic E-state index is 12.2. The van der Waals surface area contributed by atoms with Crippen LogP contribution >= 0.6 is 0 Å². The van der Waals surface area contributed by atoms with Crippen LogP contribution in [0.4, 0.5) is 18.9 Å². The molecule has 0 aliphatic rings. The zero-order chi connectivity index (χ0) is 20.6. The topological polar surface area (TPSA) is 62.9 Å². The van der Waals surface area contributed by atoms with Gasteiger partial charge in [-0.1, -0.05) is 38.1 Å². The lowest BCUT2D eigenvalue weighted by Gasteiger charge is -2.19. The van der Waals surface area contributed by atoms with E-state index in [9.17, 15) is 13.2 Å². The summed E-state index contributed by atoms with van der Waals surface area (Å²) in [4.78, 5) is 6.66. The molecule has 0 saturated heterocycles. The fourth-order valence-corrected chi connectivity index (χ4v) is 2.65. The number of rotatable bonds is 8. The molecular formula is C20H25F3N4O. The number of nitrogens with one attached hydrogen (secondary N) is 1. The van der Waals surface area contributed by atoms with E-state index in [0.29, 0.717) is 12.2 Å². The number of hydrogen-bond acceptors (Lipinski definition) is 3. The number of halogens is 3. The van der Waals surface area contributed by atoms with E-state index >= 15 is 0 Å². The molecular weight excluding hydrogens is 369 g/mol. The Bertz CT molecular complexity index is 772. The van der Waals surface area contributed by atoms with Gasteiger partial charge in [-0.2, -0.15) is 0 Å². The highest BCUT2D eigenvalue weighted by molar-refractivity contribution is 5.92. The van der Waals surface area contributed by atoms with E-state index in [2.05, 4.69) is 39.9 Å². The van der Waals surface area contributed by atoms with Crippen LogP contribution in [0.5, 0.6) is 5.75 Å². The van der Waals surface area contributed by atoms with Crippen molar-refractivity contribution in [2.45, 2.75) is 33.3 Å². The van der Waals surface area contributed by atoms with E-state index in [1.165, 1.54) is 29.8 Å². The lowest BCUT2D eigenvalue weighted by atomic mass is 10.1. The maximum atomic E-state index is 12.2. The molecule has 28 heavy (non-hydrogen) atoms. The van der Waals surface area contributed by atoms with Crippen molar-refractivity contribution in [3.05, 3.63) is 59.7 Å². The van der Waals surface area contributed by atoms with Gasteiger partial charge >= 0.3 is 6.36 Å². The van der Waals surface area contributed by atoms with Crippen molar-refractivity contribution in [3.63, 3.8) is 0 Å². The molecule has 0 saturated carbocycles. The second kappa shape index (κ2) is 9.98. The van der Waals surface area contributed by atoms with E-state index in [1.807, 2.05) is 18.2 Å². The molecule has 3 N–H and O–H groups in total. The predicted molar refractivity (Wildman–Crippen MR) is 105 cm³/mol. The van der Waals surface area contributed by atoms with Crippen LogP contribution in [0.25, 0.3) is 0 Å². The first-order valence-electron chi connectivity index (χ1n) is 9.02. The van der Waals surface area contributed by atoms with Crippen LogP contribution in [-0.2, 0) is 13.1 Å². The fraction of sp³-hybridized carbons (Fsp3) is 0.350. The molecule has 2 aromatic rings. The van der Waals surface area contributed by atoms with E-state index in [0.717, 1.165) is 25.2 Å². The smallest absolute Gasteiger partial charge is 0.406 e. The molecule has 0 aliphatic carbocycles. The maximum Gasteiger partial charge on any atom is 0.573 e. The molecule has 0 spiro atoms. The highest BCUT2D eigenvalue weighted by Gasteiger charge is 2.30. The van der Waals surface area contributed by atoms with E-state index < -0.39 is 6.36 Å². The number of ether oxygens (including phenoxy) is 1. The Labute approximate surface area is 163 Å². The van der Waals surface area contributed by atoms with Crippen molar-refractivity contribution in [2.75, 3.05) is 18.4 Å². The summed E-state index contributed by atoms with van der Waals surface area (Å²) in [6.07, 6.45) is -4.71. The number of alkyl halides is 3. The monoisotopic (exact) mass is 394 g/mol. The molecule has 8 heteroatoms. The van der Waals surface area contributed by atoms with Gasteiger partial charge in [-0.15, -0.1) is 13.2 Å². The van der Waals surface area contributed by atoms with Gasteiger partial charge in [-0.25, -0.2) is 4.99 Å². The third-order valence-corrected chi connectivity index (χ3v) is 4.19. The summed E-state index contributed by atoms with van der Waals surface area (Å²) in [6.45, 7) is 7.42. The molecule has 5 nitrogen and oxygen atoms in total. The Kier molecular flexibility index (Phi) is 7.69. The summed E-state index contributed by atoms with van der Waals surface area (Å²) in [6, 6.07) is 13.4. The Balaban J connectivity index is 1.99. The average Bonchev–Trinajstić information content (AvgIpc) is 2.65. The van der Waals surface area contributed by atoms with Crippen LogP contribution in [0.1, 0.15) is 25.0 Å². The molecule has 0 heterocycles. The van der Waals surface area contributed by atoms with Crippen LogP contribution in [0, 0.1) is 0 Å². The van der Waals surface area contributed by atoms with Crippen LogP contribution in [-0.4, -0.2) is 30.3 Å². The Morgan fingerprint density at radius 3 is 2.21 bits per heavy atom. The van der Waals surface area contributed by atoms with Gasteiger partial charge in [0.1, 0.15) is 5.75 Å². The summed E-state index contributed by atoms with van der Waals surface area (Å²) in [5.74, 6) is -0.110. The Morgan fingerprint density at radius 1 is 1.04 bits per heavy atom. The fourth-order valence-electron chi connectivity index (χ4n) is 2.65. The quantitative estimate of drug-likeness (QED) is 0.516. The van der Waals surface area contributed by atoms with Gasteiger partial charge in [0.15, 0.2) is 5.96 Å². The molecule has 0 amide bonds. The molecule has 0 aromatic heterocycles. The zero-order valence-corrected chi connectivity index (χ0v) is 16.0. The van der Waals surface area contributed by atoms with Gasteiger partial charge in [-0.05, 0) is 48.5 Å². The molecule has 2 rings (SSSR count). The highest BCUT2D eigenvalue weighted by Crippen LogP contribution is 2.23. The standard InChI is InChI=1S/C20H25F3N4O/c1-3-27(4-2)14-16-8-6-5-7-15(16)13-25-19(24)26-17-9-11-18(12-10-17)28-20(21,22)23/h5-12H,3-4,13-14H2,1-2H3,(H3,24,25,26). The minimum atomic E-state index is -4.71. The largest absolute Gasteiger partial charge is 0.573 e. The normalized spacial score (nSPS) is 12.3. The molecule has 0 radical (unpaired) electrons. The van der Waals surface area contributed by atoms with Crippen molar-refractivity contribution >= 4 is 11.6 Å². The predicted octanol–water partition coefficient (Wildman–Crippen LogP) is 4.35. The molecule has 2 aromatic carbocycles. The third kappa shape index (κ3) is 7.11. The minimum absolute atomic E-state index is 0.183. The minimum Gasteiger partial charge on any atom is -0.406 e. The van der Waals surface area contributed by atoms with Crippen LogP contribution < -0.4 is 15.8 Å². The van der Waals surface area contributed by atoms with Crippen molar-refractivity contribution in [3.8, 4) is 5.75 Å². The molecule has 0 aliphatic heterocycles. The second-order valence-electron chi connectivity index (χ2n) is 6.13. The molecule has 0 fully saturated rings. The van der Waals surface area contributed by atoms with Crippen molar-refractivity contribution < 1.29 is 17.9 Å². The third-order valence-electron chi connectivity index (χ3n) is 4.19. The highest BCUT2D eigenvalue weighted by atomic mass is 19.4. The van der Waals surface area contributed by atoms with Gasteiger partial charge < -0.3 is 15.8 Å². The van der Waals surface area contributed by atoms with Crippen molar-refractivity contribution in [2.24, 2.45) is 10.7 Å². The average molecular weight is 394 g/mol. The summed E-state index contributed by atoms with van der Waals surface area (Å²) < 4.78 is 40.4. The van der Waals surface area contributed by atoms with E-state index in [4.69, 9.17) is 5.73 Å². The molecule has 152 valence electrons. The van der Waals surface area contributed by atoms with Gasteiger partial charge in [0, 0.05) is 12.2 Å². The summed E-state index contributed by atoms with van der Waals surface area (Å²) in [7, 11) is 0. The summed E-state index contributed by atoms with van der Waals surface area (Å²) in [5, 5.41) is 2.87. The van der Waals surface area contributed by atoms with Gasteiger partial charge in [-0.3, -0.25) is 4.90 Å². The SMILES string of the molecule is CCN(CC)Cc1ccccc1CN=C(N)Nc1ccc(OC(F)(F)F)cc1. The lowest BCUT2D eigenvalue weighted by molar-refractivity contribution is -0.274. The Morgan fingerprint density at radius 2 is 1.64 bits per heavy atom. The number of guanidine groups is 1. The van der Waals surface area contributed by atoms with E-state index in [-0.39, 0.29) is 11.7 Å². The van der Waals surface area contributed by atoms with Crippen molar-refractivity contribution in [1.29, 1.82) is 0 Å². The van der Waals surface area contributed by atoms with Gasteiger partial charge in [0.2, 0.25) is 0 Å². The first-order chi connectivity index (χ1) is 13.3. The number of nitrogens with zero attached hydrogens (tertiary/aromatic N) is 2. The first-order valence-corrected chi connectivity index (χ1v) is 9.02. The molecule has 0 bridgehead atoms. The van der Waals surface area contributed by atoms with E-state index in [1.54, 1.807) is 0 Å². The number of hydrogen-bond donors (Lipinski definition) is 2. The zero-order valence-electron chi connectivity index (χ0n) is 16.0. The van der Waals surface area contributed by atoms with Gasteiger partial charge in [0.05, 0.1) is 6.54 Å². The van der Waals surface area contributed by atoms with Crippen molar-refractivity contribution in [1.82, 2.24) is 4.90 Å². The number of nitrogens with two attached hydrogens (primary N) is 1. The summed E-state index contributed by atoms with van der Waals surface area (Å²) >= 11 is 0. The number of benzene rings is 2. The number of aliphatic imine (C=N–C) groups is 1. The van der Waals surface area contributed by atoms with Gasteiger partial charge in [0.25, 0.3) is 0 Å². The Hall–Kier alpha value is -2.74. The van der Waals surface area contributed by atoms with Crippen LogP contribution in [0.2, 0.25) is 0 Å².